The fraction of sp³-hybridized carbons (Fsp3) is 0.462. The van der Waals surface area contributed by atoms with Crippen LogP contribution in [0.25, 0.3) is 0 Å². The number of carbonyl (C=O) groups is 1. The minimum Gasteiger partial charge on any atom is -0.478 e. The van der Waals surface area contributed by atoms with E-state index in [1.165, 1.54) is 22.5 Å². The number of thioether (sulfide) groups is 1. The fourth-order valence-corrected chi connectivity index (χ4v) is 5.51. The van der Waals surface area contributed by atoms with E-state index in [2.05, 4.69) is 0 Å². The van der Waals surface area contributed by atoms with Crippen LogP contribution in [0.4, 0.5) is 5.69 Å². The molecule has 0 aliphatic carbocycles. The molecule has 1 aromatic carbocycles. The van der Waals surface area contributed by atoms with Crippen LogP contribution in [0.15, 0.2) is 23.1 Å². The number of nitrogen functional groups attached to an aromatic ring is 1. The van der Waals surface area contributed by atoms with Gasteiger partial charge in [0, 0.05) is 29.3 Å². The third-order valence-corrected chi connectivity index (χ3v) is 7.01. The Morgan fingerprint density at radius 2 is 2.10 bits per heavy atom. The molecule has 3 N–H and O–H groups in total. The largest absolute Gasteiger partial charge is 0.478 e. The van der Waals surface area contributed by atoms with Crippen molar-refractivity contribution in [2.75, 3.05) is 18.0 Å². The molecule has 1 heterocycles. The summed E-state index contributed by atoms with van der Waals surface area (Å²) in [4.78, 5) is 11.0. The molecule has 0 bridgehead atoms. The van der Waals surface area contributed by atoms with Crippen LogP contribution in [0.2, 0.25) is 0 Å². The first-order chi connectivity index (χ1) is 9.75. The van der Waals surface area contributed by atoms with Crippen LogP contribution in [0.3, 0.4) is 0 Å². The molecule has 1 aliphatic rings. The number of nitrogens with zero attached hydrogens (tertiary/aromatic N) is 1. The van der Waals surface area contributed by atoms with E-state index in [9.17, 15) is 18.3 Å². The first-order valence-electron chi connectivity index (χ1n) is 6.51. The molecule has 0 amide bonds. The van der Waals surface area contributed by atoms with Crippen molar-refractivity contribution in [1.82, 2.24) is 4.31 Å². The Bertz CT molecular complexity index is 660. The lowest BCUT2D eigenvalue weighted by atomic mass is 10.2. The maximum absolute atomic E-state index is 12.8. The summed E-state index contributed by atoms with van der Waals surface area (Å²) in [6.45, 7) is 4.17. The molecule has 0 saturated carbocycles. The molecule has 2 rings (SSSR count). The van der Waals surface area contributed by atoms with E-state index in [1.54, 1.807) is 11.8 Å². The molecule has 0 aromatic heterocycles. The van der Waals surface area contributed by atoms with Crippen molar-refractivity contribution in [3.63, 3.8) is 0 Å². The van der Waals surface area contributed by atoms with Gasteiger partial charge in [-0.1, -0.05) is 6.92 Å². The van der Waals surface area contributed by atoms with Gasteiger partial charge in [-0.15, -0.1) is 0 Å². The molecule has 1 fully saturated rings. The zero-order chi connectivity index (χ0) is 15.8. The van der Waals surface area contributed by atoms with Crippen molar-refractivity contribution in [1.29, 1.82) is 0 Å². The molecule has 1 aromatic rings. The van der Waals surface area contributed by atoms with E-state index in [-0.39, 0.29) is 27.4 Å². The lowest BCUT2D eigenvalue weighted by molar-refractivity contribution is 0.0692. The van der Waals surface area contributed by atoms with E-state index in [4.69, 9.17) is 5.73 Å². The minimum absolute atomic E-state index is 0.155. The highest BCUT2D eigenvalue weighted by Crippen LogP contribution is 2.31. The highest BCUT2D eigenvalue weighted by molar-refractivity contribution is 8.00. The quantitative estimate of drug-likeness (QED) is 0.814. The molecular weight excluding hydrogens is 312 g/mol. The second-order valence-corrected chi connectivity index (χ2v) is 8.34. The monoisotopic (exact) mass is 330 g/mol. The van der Waals surface area contributed by atoms with E-state index >= 15 is 0 Å². The smallest absolute Gasteiger partial charge is 0.337 e. The van der Waals surface area contributed by atoms with E-state index in [0.29, 0.717) is 12.3 Å². The second kappa shape index (κ2) is 5.86. The number of nitrogens with two attached hydrogens (primary N) is 1. The fourth-order valence-electron chi connectivity index (χ4n) is 2.30. The van der Waals surface area contributed by atoms with E-state index in [0.717, 1.165) is 0 Å². The molecule has 0 radical (unpaired) electrons. The third kappa shape index (κ3) is 3.02. The Hall–Kier alpha value is -1.25. The van der Waals surface area contributed by atoms with Gasteiger partial charge in [0.25, 0.3) is 0 Å². The number of carboxylic acids is 1. The van der Waals surface area contributed by atoms with Crippen molar-refractivity contribution in [3.8, 4) is 0 Å². The van der Waals surface area contributed by atoms with E-state index < -0.39 is 16.0 Å². The van der Waals surface area contributed by atoms with Gasteiger partial charge >= 0.3 is 5.97 Å². The Morgan fingerprint density at radius 1 is 1.43 bits per heavy atom. The molecule has 2 atom stereocenters. The van der Waals surface area contributed by atoms with Gasteiger partial charge in [0.05, 0.1) is 10.5 Å². The number of aromatic carboxylic acids is 1. The van der Waals surface area contributed by atoms with Crippen LogP contribution in [0.1, 0.15) is 24.2 Å². The van der Waals surface area contributed by atoms with Gasteiger partial charge in [-0.25, -0.2) is 13.2 Å². The van der Waals surface area contributed by atoms with Crippen LogP contribution in [-0.2, 0) is 10.0 Å². The number of anilines is 1. The van der Waals surface area contributed by atoms with Gasteiger partial charge < -0.3 is 10.8 Å². The molecule has 8 heteroatoms. The predicted octanol–water partition coefficient (Wildman–Crippen LogP) is 1.48. The number of sulfonamides is 1. The third-order valence-electron chi connectivity index (χ3n) is 3.65. The maximum Gasteiger partial charge on any atom is 0.337 e. The number of carboxylic acid groups (broad SMARTS) is 1. The van der Waals surface area contributed by atoms with E-state index in [1.807, 2.05) is 13.8 Å². The van der Waals surface area contributed by atoms with Crippen molar-refractivity contribution in [3.05, 3.63) is 23.8 Å². The molecular formula is C13H18N2O4S2. The topological polar surface area (TPSA) is 101 Å². The molecule has 1 saturated heterocycles. The molecule has 2 unspecified atom stereocenters. The summed E-state index contributed by atoms with van der Waals surface area (Å²) < 4.78 is 27.0. The Morgan fingerprint density at radius 3 is 2.71 bits per heavy atom. The van der Waals surface area contributed by atoms with Gasteiger partial charge in [0.2, 0.25) is 10.0 Å². The molecule has 0 spiro atoms. The zero-order valence-corrected chi connectivity index (χ0v) is 13.4. The zero-order valence-electron chi connectivity index (χ0n) is 11.8. The summed E-state index contributed by atoms with van der Waals surface area (Å²) in [5.41, 5.74) is 5.62. The van der Waals surface area contributed by atoms with Crippen LogP contribution >= 0.6 is 11.8 Å². The number of benzene rings is 1. The van der Waals surface area contributed by atoms with Crippen LogP contribution in [0.5, 0.6) is 0 Å². The average Bonchev–Trinajstić information content (AvgIpc) is 2.41. The normalized spacial score (nSPS) is 23.9. The van der Waals surface area contributed by atoms with Crippen molar-refractivity contribution in [2.24, 2.45) is 0 Å². The second-order valence-electron chi connectivity index (χ2n) is 4.99. The van der Waals surface area contributed by atoms with Crippen LogP contribution in [-0.4, -0.2) is 47.4 Å². The van der Waals surface area contributed by atoms with Gasteiger partial charge in [0.15, 0.2) is 0 Å². The number of rotatable bonds is 3. The minimum atomic E-state index is -3.88. The summed E-state index contributed by atoms with van der Waals surface area (Å²) in [6, 6.07) is 3.65. The summed E-state index contributed by atoms with van der Waals surface area (Å²) in [7, 11) is -3.88. The molecule has 116 valence electrons. The number of hydrogen-bond donors (Lipinski definition) is 2. The predicted molar refractivity (Wildman–Crippen MR) is 83.1 cm³/mol. The summed E-state index contributed by atoms with van der Waals surface area (Å²) in [6.07, 6.45) is 0. The van der Waals surface area contributed by atoms with Crippen molar-refractivity contribution >= 4 is 33.4 Å². The lowest BCUT2D eigenvalue weighted by Crippen LogP contribution is -2.48. The van der Waals surface area contributed by atoms with Crippen LogP contribution in [0, 0.1) is 0 Å². The molecule has 6 nitrogen and oxygen atoms in total. The summed E-state index contributed by atoms with van der Waals surface area (Å²) >= 11 is 1.71. The lowest BCUT2D eigenvalue weighted by Gasteiger charge is -2.36. The standard InChI is InChI=1S/C13H18N2O4S2/c1-8-9(2)20-6-5-15(8)21(18,19)12-7-10(14)3-4-11(12)13(16)17/h3-4,7-9H,5-6,14H2,1-2H3,(H,16,17). The summed E-state index contributed by atoms with van der Waals surface area (Å²) in [5.74, 6) is -0.587. The average molecular weight is 330 g/mol. The number of hydrogen-bond acceptors (Lipinski definition) is 5. The van der Waals surface area contributed by atoms with Gasteiger partial charge in [-0.05, 0) is 25.1 Å². The van der Waals surface area contributed by atoms with Gasteiger partial charge in [-0.2, -0.15) is 16.1 Å². The Labute approximate surface area is 128 Å². The van der Waals surface area contributed by atoms with Crippen molar-refractivity contribution < 1.29 is 18.3 Å². The maximum atomic E-state index is 12.8. The Balaban J connectivity index is 2.53. The summed E-state index contributed by atoms with van der Waals surface area (Å²) in [5, 5.41) is 9.36. The van der Waals surface area contributed by atoms with Crippen molar-refractivity contribution in [2.45, 2.75) is 30.0 Å². The molecule has 21 heavy (non-hydrogen) atoms. The first-order valence-corrected chi connectivity index (χ1v) is 9.00. The Kier molecular flexibility index (Phi) is 4.50. The van der Waals surface area contributed by atoms with Gasteiger partial charge in [-0.3, -0.25) is 0 Å². The first kappa shape index (κ1) is 16.1. The van der Waals surface area contributed by atoms with Gasteiger partial charge in [0.1, 0.15) is 0 Å². The highest BCUT2D eigenvalue weighted by atomic mass is 32.2. The van der Waals surface area contributed by atoms with Crippen LogP contribution < -0.4 is 5.73 Å². The highest BCUT2D eigenvalue weighted by Gasteiger charge is 2.37. The SMILES string of the molecule is CC1SCCN(S(=O)(=O)c2cc(N)ccc2C(=O)O)C1C. The molecule has 1 aliphatic heterocycles.